The number of ether oxygens (including phenoxy) is 1. The third-order valence-corrected chi connectivity index (χ3v) is 3.64. The number of nitriles is 1. The van der Waals surface area contributed by atoms with Crippen LogP contribution in [0.5, 0.6) is 5.75 Å². The van der Waals surface area contributed by atoms with Gasteiger partial charge in [0.05, 0.1) is 31.0 Å². The van der Waals surface area contributed by atoms with Gasteiger partial charge in [0, 0.05) is 17.6 Å². The number of hydrogen-bond acceptors (Lipinski definition) is 4. The van der Waals surface area contributed by atoms with Crippen molar-refractivity contribution in [3.8, 4) is 11.8 Å². The zero-order valence-corrected chi connectivity index (χ0v) is 14.5. The van der Waals surface area contributed by atoms with Crippen molar-refractivity contribution in [3.63, 3.8) is 0 Å². The Morgan fingerprint density at radius 2 is 2.04 bits per heavy atom. The number of nitrogens with zero attached hydrogens (tertiary/aromatic N) is 2. The van der Waals surface area contributed by atoms with E-state index in [2.05, 4.69) is 5.32 Å². The fraction of sp³-hybridized carbons (Fsp3) is 0.167. The standard InChI is InChI=1S/C18H16ClN3O3/c1-22(18(24)13-5-3-4-12(8-13)10-20)11-17(23)21-15-9-14(19)6-7-16(15)25-2/h3-9H,11H2,1-2H3,(H,21,23). The van der Waals surface area contributed by atoms with Crippen molar-refractivity contribution in [2.75, 3.05) is 26.0 Å². The number of nitrogens with one attached hydrogen (secondary N) is 1. The summed E-state index contributed by atoms with van der Waals surface area (Å²) in [5.74, 6) is -0.286. The maximum absolute atomic E-state index is 12.4. The van der Waals surface area contributed by atoms with Gasteiger partial charge < -0.3 is 15.0 Å². The van der Waals surface area contributed by atoms with Crippen LogP contribution in [-0.4, -0.2) is 37.4 Å². The van der Waals surface area contributed by atoms with Gasteiger partial charge in [-0.15, -0.1) is 0 Å². The number of benzene rings is 2. The van der Waals surface area contributed by atoms with Crippen LogP contribution < -0.4 is 10.1 Å². The molecule has 128 valence electrons. The van der Waals surface area contributed by atoms with Crippen LogP contribution in [0.2, 0.25) is 5.02 Å². The third-order valence-electron chi connectivity index (χ3n) is 3.40. The van der Waals surface area contributed by atoms with Gasteiger partial charge >= 0.3 is 0 Å². The van der Waals surface area contributed by atoms with Gasteiger partial charge in [0.25, 0.3) is 5.91 Å². The smallest absolute Gasteiger partial charge is 0.254 e. The number of halogens is 1. The van der Waals surface area contributed by atoms with Gasteiger partial charge in [0.15, 0.2) is 0 Å². The molecule has 0 unspecified atom stereocenters. The van der Waals surface area contributed by atoms with E-state index in [1.165, 1.54) is 25.1 Å². The van der Waals surface area contributed by atoms with Crippen LogP contribution >= 0.6 is 11.6 Å². The second-order valence-corrected chi connectivity index (χ2v) is 5.68. The molecule has 0 aliphatic rings. The lowest BCUT2D eigenvalue weighted by atomic mass is 10.1. The minimum Gasteiger partial charge on any atom is -0.495 e. The lowest BCUT2D eigenvalue weighted by molar-refractivity contribution is -0.116. The van der Waals surface area contributed by atoms with E-state index in [4.69, 9.17) is 21.6 Å². The van der Waals surface area contributed by atoms with Crippen molar-refractivity contribution in [1.82, 2.24) is 4.90 Å². The molecule has 0 atom stereocenters. The zero-order chi connectivity index (χ0) is 18.4. The summed E-state index contributed by atoms with van der Waals surface area (Å²) in [4.78, 5) is 25.8. The van der Waals surface area contributed by atoms with Crippen molar-refractivity contribution in [2.24, 2.45) is 0 Å². The lowest BCUT2D eigenvalue weighted by Gasteiger charge is -2.17. The first kappa shape index (κ1) is 18.3. The second-order valence-electron chi connectivity index (χ2n) is 5.25. The molecule has 25 heavy (non-hydrogen) atoms. The zero-order valence-electron chi connectivity index (χ0n) is 13.7. The number of amides is 2. The molecule has 0 aromatic heterocycles. The minimum absolute atomic E-state index is 0.161. The van der Waals surface area contributed by atoms with Gasteiger partial charge in [-0.25, -0.2) is 0 Å². The highest BCUT2D eigenvalue weighted by Gasteiger charge is 2.16. The summed E-state index contributed by atoms with van der Waals surface area (Å²) in [6.07, 6.45) is 0. The van der Waals surface area contributed by atoms with Crippen LogP contribution in [0.25, 0.3) is 0 Å². The molecule has 7 heteroatoms. The maximum atomic E-state index is 12.4. The summed E-state index contributed by atoms with van der Waals surface area (Å²) in [5, 5.41) is 12.0. The van der Waals surface area contributed by atoms with E-state index < -0.39 is 5.91 Å². The van der Waals surface area contributed by atoms with Gasteiger partial charge in [-0.3, -0.25) is 9.59 Å². The number of carbonyl (C=O) groups excluding carboxylic acids is 2. The molecule has 0 heterocycles. The summed E-state index contributed by atoms with van der Waals surface area (Å²) in [5.41, 5.74) is 1.15. The Bertz CT molecular complexity index is 846. The molecule has 0 saturated carbocycles. The quantitative estimate of drug-likeness (QED) is 0.891. The fourth-order valence-electron chi connectivity index (χ4n) is 2.20. The Hall–Kier alpha value is -3.04. The molecule has 0 radical (unpaired) electrons. The van der Waals surface area contributed by atoms with Crippen LogP contribution in [0.1, 0.15) is 15.9 Å². The lowest BCUT2D eigenvalue weighted by Crippen LogP contribution is -2.35. The Labute approximate surface area is 150 Å². The van der Waals surface area contributed by atoms with Crippen molar-refractivity contribution in [2.45, 2.75) is 0 Å². The summed E-state index contributed by atoms with van der Waals surface area (Å²) in [6.45, 7) is -0.161. The molecule has 0 spiro atoms. The van der Waals surface area contributed by atoms with E-state index >= 15 is 0 Å². The normalized spacial score (nSPS) is 9.84. The summed E-state index contributed by atoms with van der Waals surface area (Å²) in [6, 6.07) is 13.1. The van der Waals surface area contributed by atoms with E-state index in [0.717, 1.165) is 0 Å². The Kier molecular flexibility index (Phi) is 5.98. The predicted octanol–water partition coefficient (Wildman–Crippen LogP) is 2.93. The summed E-state index contributed by atoms with van der Waals surface area (Å²) in [7, 11) is 2.99. The molecule has 0 bridgehead atoms. The van der Waals surface area contributed by atoms with E-state index in [1.807, 2.05) is 6.07 Å². The van der Waals surface area contributed by atoms with Crippen molar-refractivity contribution in [3.05, 3.63) is 58.6 Å². The molecule has 6 nitrogen and oxygen atoms in total. The molecule has 1 N–H and O–H groups in total. The Morgan fingerprint density at radius 3 is 2.72 bits per heavy atom. The molecule has 0 aliphatic heterocycles. The SMILES string of the molecule is COc1ccc(Cl)cc1NC(=O)CN(C)C(=O)c1cccc(C#N)c1. The average Bonchev–Trinajstić information content (AvgIpc) is 2.61. The number of anilines is 1. The first-order chi connectivity index (χ1) is 11.9. The highest BCUT2D eigenvalue weighted by atomic mass is 35.5. The maximum Gasteiger partial charge on any atom is 0.254 e. The molecule has 0 aliphatic carbocycles. The topological polar surface area (TPSA) is 82.4 Å². The van der Waals surface area contributed by atoms with Crippen LogP contribution in [0.15, 0.2) is 42.5 Å². The Balaban J connectivity index is 2.06. The van der Waals surface area contributed by atoms with Gasteiger partial charge in [-0.2, -0.15) is 5.26 Å². The van der Waals surface area contributed by atoms with Gasteiger partial charge in [-0.05, 0) is 36.4 Å². The molecule has 0 fully saturated rings. The van der Waals surface area contributed by atoms with Crippen LogP contribution in [0.4, 0.5) is 5.69 Å². The van der Waals surface area contributed by atoms with E-state index in [9.17, 15) is 9.59 Å². The van der Waals surface area contributed by atoms with Gasteiger partial charge in [0.1, 0.15) is 5.75 Å². The molecule has 0 saturated heterocycles. The number of likely N-dealkylation sites (N-methyl/N-ethyl adjacent to an activating group) is 1. The predicted molar refractivity (Wildman–Crippen MR) is 94.8 cm³/mol. The summed E-state index contributed by atoms with van der Waals surface area (Å²) >= 11 is 5.92. The van der Waals surface area contributed by atoms with Crippen LogP contribution in [0.3, 0.4) is 0 Å². The first-order valence-corrected chi connectivity index (χ1v) is 7.71. The monoisotopic (exact) mass is 357 g/mol. The van der Waals surface area contributed by atoms with Crippen LogP contribution in [-0.2, 0) is 4.79 Å². The van der Waals surface area contributed by atoms with E-state index in [1.54, 1.807) is 36.4 Å². The third kappa shape index (κ3) is 4.72. The molecule has 2 aromatic rings. The van der Waals surface area contributed by atoms with Crippen LogP contribution in [0, 0.1) is 11.3 Å². The fourth-order valence-corrected chi connectivity index (χ4v) is 2.37. The largest absolute Gasteiger partial charge is 0.495 e. The minimum atomic E-state index is -0.396. The number of hydrogen-bond donors (Lipinski definition) is 1. The highest BCUT2D eigenvalue weighted by Crippen LogP contribution is 2.27. The highest BCUT2D eigenvalue weighted by molar-refractivity contribution is 6.31. The van der Waals surface area contributed by atoms with E-state index in [0.29, 0.717) is 27.6 Å². The van der Waals surface area contributed by atoms with Crippen molar-refractivity contribution in [1.29, 1.82) is 5.26 Å². The van der Waals surface area contributed by atoms with E-state index in [-0.39, 0.29) is 12.5 Å². The second kappa shape index (κ2) is 8.18. The molecular weight excluding hydrogens is 342 g/mol. The first-order valence-electron chi connectivity index (χ1n) is 7.33. The number of rotatable bonds is 5. The van der Waals surface area contributed by atoms with Crippen molar-refractivity contribution >= 4 is 29.1 Å². The van der Waals surface area contributed by atoms with Gasteiger partial charge in [-0.1, -0.05) is 17.7 Å². The molecule has 2 amide bonds. The van der Waals surface area contributed by atoms with Gasteiger partial charge in [0.2, 0.25) is 5.91 Å². The van der Waals surface area contributed by atoms with Crippen molar-refractivity contribution < 1.29 is 14.3 Å². The molecular formula is C18H16ClN3O3. The number of carbonyl (C=O) groups is 2. The average molecular weight is 358 g/mol. The Morgan fingerprint density at radius 1 is 1.28 bits per heavy atom. The summed E-state index contributed by atoms with van der Waals surface area (Å²) < 4.78 is 5.16. The molecule has 2 aromatic carbocycles. The number of methoxy groups -OCH3 is 1. The molecule has 2 rings (SSSR count).